The van der Waals surface area contributed by atoms with Crippen molar-refractivity contribution in [2.24, 2.45) is 5.92 Å². The van der Waals surface area contributed by atoms with E-state index in [9.17, 15) is 4.79 Å². The van der Waals surface area contributed by atoms with Gasteiger partial charge in [-0.3, -0.25) is 4.79 Å². The molecule has 4 heterocycles. The van der Waals surface area contributed by atoms with E-state index in [4.69, 9.17) is 9.47 Å². The average molecular weight is 396 g/mol. The summed E-state index contributed by atoms with van der Waals surface area (Å²) in [6.07, 6.45) is 3.66. The number of anilines is 1. The highest BCUT2D eigenvalue weighted by atomic mass is 32.1. The van der Waals surface area contributed by atoms with E-state index < -0.39 is 0 Å². The molecule has 1 N–H and O–H groups in total. The number of ether oxygens (including phenoxy) is 2. The molecule has 0 aliphatic carbocycles. The molecular formula is C20H20N4O3S. The van der Waals surface area contributed by atoms with Crippen molar-refractivity contribution in [3.05, 3.63) is 42.1 Å². The van der Waals surface area contributed by atoms with Crippen molar-refractivity contribution in [2.75, 3.05) is 24.8 Å². The zero-order chi connectivity index (χ0) is 18.9. The number of pyridine rings is 1. The van der Waals surface area contributed by atoms with Gasteiger partial charge in [0.1, 0.15) is 10.3 Å². The first-order valence-corrected chi connectivity index (χ1v) is 10.2. The number of carbonyl (C=O) groups excluding carboxylic acids is 1. The first kappa shape index (κ1) is 17.2. The highest BCUT2D eigenvalue weighted by Crippen LogP contribution is 2.33. The lowest BCUT2D eigenvalue weighted by Gasteiger charge is -2.31. The van der Waals surface area contributed by atoms with E-state index in [1.165, 1.54) is 0 Å². The molecule has 0 saturated carbocycles. The number of carbonyl (C=O) groups is 1. The summed E-state index contributed by atoms with van der Waals surface area (Å²) in [7, 11) is 0. The van der Waals surface area contributed by atoms with Crippen LogP contribution in [0.15, 0.2) is 36.5 Å². The van der Waals surface area contributed by atoms with Crippen LogP contribution in [0.3, 0.4) is 0 Å². The van der Waals surface area contributed by atoms with Gasteiger partial charge < -0.3 is 19.7 Å². The van der Waals surface area contributed by atoms with Gasteiger partial charge in [-0.2, -0.15) is 0 Å². The van der Waals surface area contributed by atoms with E-state index in [0.29, 0.717) is 13.1 Å². The molecule has 1 saturated heterocycles. The summed E-state index contributed by atoms with van der Waals surface area (Å²) in [4.78, 5) is 24.9. The number of aromatic nitrogens is 2. The van der Waals surface area contributed by atoms with Crippen molar-refractivity contribution in [3.63, 3.8) is 0 Å². The van der Waals surface area contributed by atoms with Gasteiger partial charge in [-0.05, 0) is 42.7 Å². The van der Waals surface area contributed by atoms with Crippen LogP contribution in [-0.4, -0.2) is 35.8 Å². The number of rotatable bonds is 4. The molecule has 3 aromatic rings. The normalized spacial score (nSPS) is 18.4. The van der Waals surface area contributed by atoms with Crippen LogP contribution in [0.25, 0.3) is 10.3 Å². The summed E-state index contributed by atoms with van der Waals surface area (Å²) >= 11 is 1.59. The Labute approximate surface area is 166 Å². The number of amides is 1. The summed E-state index contributed by atoms with van der Waals surface area (Å²) in [5, 5.41) is 4.01. The Hall–Kier alpha value is -2.87. The zero-order valence-electron chi connectivity index (χ0n) is 15.3. The van der Waals surface area contributed by atoms with E-state index in [2.05, 4.69) is 20.2 Å². The molecule has 144 valence electrons. The third-order valence-corrected chi connectivity index (χ3v) is 6.16. The molecule has 0 unspecified atom stereocenters. The zero-order valence-corrected chi connectivity index (χ0v) is 16.1. The quantitative estimate of drug-likeness (QED) is 0.731. The molecule has 1 atom stereocenters. The Morgan fingerprint density at radius 3 is 3.14 bits per heavy atom. The van der Waals surface area contributed by atoms with Crippen LogP contribution in [0.2, 0.25) is 0 Å². The SMILES string of the molecule is O=C(NCc1ccc2c(c1)OCO2)[C@H]1CCCN(c2nc3cccnc3s2)C1. The molecule has 2 aliphatic rings. The molecule has 5 rings (SSSR count). The fourth-order valence-corrected chi connectivity index (χ4v) is 4.59. The lowest BCUT2D eigenvalue weighted by atomic mass is 9.97. The molecule has 2 aliphatic heterocycles. The van der Waals surface area contributed by atoms with Gasteiger partial charge in [0.05, 0.1) is 5.92 Å². The van der Waals surface area contributed by atoms with Crippen LogP contribution in [0.5, 0.6) is 11.5 Å². The van der Waals surface area contributed by atoms with Gasteiger partial charge in [0.2, 0.25) is 12.7 Å². The predicted octanol–water partition coefficient (Wildman–Crippen LogP) is 2.95. The maximum atomic E-state index is 12.7. The number of nitrogens with zero attached hydrogens (tertiary/aromatic N) is 3. The molecule has 0 radical (unpaired) electrons. The lowest BCUT2D eigenvalue weighted by Crippen LogP contribution is -2.42. The lowest BCUT2D eigenvalue weighted by molar-refractivity contribution is -0.125. The third kappa shape index (κ3) is 3.35. The van der Waals surface area contributed by atoms with Crippen molar-refractivity contribution >= 4 is 32.7 Å². The van der Waals surface area contributed by atoms with Crippen molar-refractivity contribution in [3.8, 4) is 11.5 Å². The third-order valence-electron chi connectivity index (χ3n) is 5.12. The fourth-order valence-electron chi connectivity index (χ4n) is 3.64. The van der Waals surface area contributed by atoms with Crippen LogP contribution >= 0.6 is 11.3 Å². The van der Waals surface area contributed by atoms with Crippen molar-refractivity contribution in [2.45, 2.75) is 19.4 Å². The van der Waals surface area contributed by atoms with E-state index in [-0.39, 0.29) is 18.6 Å². The molecule has 8 heteroatoms. The number of hydrogen-bond acceptors (Lipinski definition) is 7. The summed E-state index contributed by atoms with van der Waals surface area (Å²) < 4.78 is 10.7. The van der Waals surface area contributed by atoms with Gasteiger partial charge in [0.15, 0.2) is 16.6 Å². The summed E-state index contributed by atoms with van der Waals surface area (Å²) in [5.74, 6) is 1.53. The number of benzene rings is 1. The summed E-state index contributed by atoms with van der Waals surface area (Å²) in [6, 6.07) is 9.63. The topological polar surface area (TPSA) is 76.6 Å². The van der Waals surface area contributed by atoms with Crippen LogP contribution in [-0.2, 0) is 11.3 Å². The smallest absolute Gasteiger partial charge is 0.231 e. The Morgan fingerprint density at radius 1 is 1.29 bits per heavy atom. The first-order valence-electron chi connectivity index (χ1n) is 9.39. The maximum absolute atomic E-state index is 12.7. The highest BCUT2D eigenvalue weighted by molar-refractivity contribution is 7.21. The van der Waals surface area contributed by atoms with Crippen LogP contribution in [0.4, 0.5) is 5.13 Å². The second kappa shape index (κ2) is 7.27. The molecule has 1 aromatic carbocycles. The molecule has 7 nitrogen and oxygen atoms in total. The number of hydrogen-bond donors (Lipinski definition) is 1. The number of fused-ring (bicyclic) bond motifs is 2. The Balaban J connectivity index is 1.22. The van der Waals surface area contributed by atoms with Crippen molar-refractivity contribution in [1.29, 1.82) is 0 Å². The Morgan fingerprint density at radius 2 is 2.21 bits per heavy atom. The second-order valence-corrected chi connectivity index (χ2v) is 7.97. The van der Waals surface area contributed by atoms with Crippen molar-refractivity contribution < 1.29 is 14.3 Å². The summed E-state index contributed by atoms with van der Waals surface area (Å²) in [5.41, 5.74) is 1.92. The molecule has 1 fully saturated rings. The largest absolute Gasteiger partial charge is 0.454 e. The Bertz CT molecular complexity index is 989. The summed E-state index contributed by atoms with van der Waals surface area (Å²) in [6.45, 7) is 2.35. The van der Waals surface area contributed by atoms with Gasteiger partial charge in [0.25, 0.3) is 0 Å². The van der Waals surface area contributed by atoms with Gasteiger partial charge in [-0.1, -0.05) is 17.4 Å². The van der Waals surface area contributed by atoms with Crippen LogP contribution in [0.1, 0.15) is 18.4 Å². The molecule has 2 aromatic heterocycles. The van der Waals surface area contributed by atoms with Gasteiger partial charge in [0, 0.05) is 25.8 Å². The number of piperidine rings is 1. The van der Waals surface area contributed by atoms with E-state index >= 15 is 0 Å². The van der Waals surface area contributed by atoms with Gasteiger partial charge >= 0.3 is 0 Å². The Kier molecular flexibility index (Phi) is 4.48. The minimum Gasteiger partial charge on any atom is -0.454 e. The van der Waals surface area contributed by atoms with Gasteiger partial charge in [-0.15, -0.1) is 0 Å². The molecule has 0 bridgehead atoms. The minimum atomic E-state index is -0.0391. The van der Waals surface area contributed by atoms with Gasteiger partial charge in [-0.25, -0.2) is 9.97 Å². The highest BCUT2D eigenvalue weighted by Gasteiger charge is 2.27. The second-order valence-electron chi connectivity index (χ2n) is 7.01. The van der Waals surface area contributed by atoms with E-state index in [0.717, 1.165) is 51.9 Å². The molecule has 0 spiro atoms. The monoisotopic (exact) mass is 396 g/mol. The predicted molar refractivity (Wildman–Crippen MR) is 107 cm³/mol. The average Bonchev–Trinajstić information content (AvgIpc) is 3.38. The molecular weight excluding hydrogens is 376 g/mol. The van der Waals surface area contributed by atoms with E-state index in [1.54, 1.807) is 17.5 Å². The first-order chi connectivity index (χ1) is 13.8. The molecule has 28 heavy (non-hydrogen) atoms. The maximum Gasteiger partial charge on any atom is 0.231 e. The van der Waals surface area contributed by atoms with E-state index in [1.807, 2.05) is 30.3 Å². The standard InChI is InChI=1S/C20H20N4O3S/c25-18(22-10-13-5-6-16-17(9-13)27-12-26-16)14-3-2-8-24(11-14)20-23-15-4-1-7-21-19(15)28-20/h1,4-7,9,14H,2-3,8,10-12H2,(H,22,25)/t14-/m0/s1. The number of thiazole rings is 1. The molecule has 1 amide bonds. The van der Waals surface area contributed by atoms with Crippen LogP contribution in [0, 0.1) is 5.92 Å². The number of nitrogens with one attached hydrogen (secondary N) is 1. The fraction of sp³-hybridized carbons (Fsp3) is 0.350. The van der Waals surface area contributed by atoms with Crippen LogP contribution < -0.4 is 19.7 Å². The van der Waals surface area contributed by atoms with Crippen molar-refractivity contribution in [1.82, 2.24) is 15.3 Å². The minimum absolute atomic E-state index is 0.0391.